The van der Waals surface area contributed by atoms with E-state index in [0.717, 1.165) is 11.1 Å². The van der Waals surface area contributed by atoms with E-state index >= 15 is 0 Å². The molecule has 28 heavy (non-hydrogen) atoms. The highest BCUT2D eigenvalue weighted by Gasteiger charge is 2.46. The zero-order valence-corrected chi connectivity index (χ0v) is 17.3. The Morgan fingerprint density at radius 2 is 1.36 bits per heavy atom. The predicted octanol–water partition coefficient (Wildman–Crippen LogP) is 4.74. The second-order valence-corrected chi connectivity index (χ2v) is 7.77. The van der Waals surface area contributed by atoms with Crippen molar-refractivity contribution in [3.63, 3.8) is 0 Å². The first-order valence-electron chi connectivity index (χ1n) is 9.59. The molecule has 0 aliphatic heterocycles. The van der Waals surface area contributed by atoms with Gasteiger partial charge in [0, 0.05) is 5.41 Å². The number of carbonyl (C=O) groups excluding carboxylic acids is 2. The number of hydrogen-bond acceptors (Lipinski definition) is 4. The van der Waals surface area contributed by atoms with Gasteiger partial charge in [0.25, 0.3) is 0 Å². The lowest BCUT2D eigenvalue weighted by molar-refractivity contribution is -0.161. The van der Waals surface area contributed by atoms with Gasteiger partial charge in [0.2, 0.25) is 0 Å². The summed E-state index contributed by atoms with van der Waals surface area (Å²) in [6.07, 6.45) is 0.493. The molecule has 0 bridgehead atoms. The zero-order chi connectivity index (χ0) is 20.7. The third kappa shape index (κ3) is 4.80. The summed E-state index contributed by atoms with van der Waals surface area (Å²) in [5.41, 5.74) is 1.49. The van der Waals surface area contributed by atoms with Crippen molar-refractivity contribution < 1.29 is 19.1 Å². The largest absolute Gasteiger partial charge is 0.469 e. The Morgan fingerprint density at radius 3 is 1.86 bits per heavy atom. The molecule has 0 aliphatic rings. The molecule has 4 nitrogen and oxygen atoms in total. The number of rotatable bonds is 8. The van der Waals surface area contributed by atoms with Crippen molar-refractivity contribution in [1.29, 1.82) is 0 Å². The second-order valence-electron chi connectivity index (χ2n) is 7.77. The summed E-state index contributed by atoms with van der Waals surface area (Å²) in [7, 11) is 2.73. The molecule has 0 fully saturated rings. The van der Waals surface area contributed by atoms with Gasteiger partial charge in [0.15, 0.2) is 0 Å². The minimum atomic E-state index is -0.668. The lowest BCUT2D eigenvalue weighted by Crippen LogP contribution is -2.44. The number of benzene rings is 2. The van der Waals surface area contributed by atoms with Crippen LogP contribution in [0.5, 0.6) is 0 Å². The molecule has 4 heteroatoms. The van der Waals surface area contributed by atoms with E-state index in [1.807, 2.05) is 74.5 Å². The van der Waals surface area contributed by atoms with Crippen LogP contribution in [-0.2, 0) is 24.5 Å². The number of ether oxygens (including phenoxy) is 2. The molecule has 0 N–H and O–H groups in total. The zero-order valence-electron chi connectivity index (χ0n) is 17.3. The van der Waals surface area contributed by atoms with Crippen molar-refractivity contribution in [1.82, 2.24) is 0 Å². The molecule has 2 aromatic rings. The van der Waals surface area contributed by atoms with Crippen LogP contribution in [0, 0.1) is 11.8 Å². The van der Waals surface area contributed by atoms with Crippen LogP contribution in [-0.4, -0.2) is 26.2 Å². The first-order chi connectivity index (χ1) is 13.3. The van der Waals surface area contributed by atoms with E-state index in [0.29, 0.717) is 6.42 Å². The first kappa shape index (κ1) is 21.7. The topological polar surface area (TPSA) is 52.6 Å². The van der Waals surface area contributed by atoms with Gasteiger partial charge in [-0.3, -0.25) is 9.59 Å². The van der Waals surface area contributed by atoms with Crippen LogP contribution >= 0.6 is 0 Å². The molecule has 3 atom stereocenters. The molecule has 0 aromatic heterocycles. The monoisotopic (exact) mass is 382 g/mol. The molecule has 2 aromatic carbocycles. The van der Waals surface area contributed by atoms with Crippen molar-refractivity contribution in [2.75, 3.05) is 14.2 Å². The van der Waals surface area contributed by atoms with Crippen LogP contribution in [0.2, 0.25) is 0 Å². The van der Waals surface area contributed by atoms with Gasteiger partial charge in [0.1, 0.15) is 0 Å². The van der Waals surface area contributed by atoms with E-state index in [1.165, 1.54) is 14.2 Å². The maximum absolute atomic E-state index is 12.9. The molecule has 0 saturated heterocycles. The lowest BCUT2D eigenvalue weighted by atomic mass is 9.65. The fourth-order valence-corrected chi connectivity index (χ4v) is 3.95. The highest BCUT2D eigenvalue weighted by Crippen LogP contribution is 2.41. The smallest absolute Gasteiger partial charge is 0.310 e. The normalized spacial score (nSPS) is 14.6. The van der Waals surface area contributed by atoms with Crippen LogP contribution < -0.4 is 0 Å². The molecule has 150 valence electrons. The van der Waals surface area contributed by atoms with E-state index in [-0.39, 0.29) is 11.9 Å². The Balaban J connectivity index is 2.45. The predicted molar refractivity (Wildman–Crippen MR) is 110 cm³/mol. The minimum absolute atomic E-state index is 0.0871. The van der Waals surface area contributed by atoms with Gasteiger partial charge in [-0.15, -0.1) is 0 Å². The summed E-state index contributed by atoms with van der Waals surface area (Å²) in [5.74, 6) is -1.99. The van der Waals surface area contributed by atoms with E-state index in [4.69, 9.17) is 9.47 Å². The molecule has 3 unspecified atom stereocenters. The van der Waals surface area contributed by atoms with Crippen molar-refractivity contribution in [3.8, 4) is 0 Å². The Kier molecular flexibility index (Phi) is 7.38. The van der Waals surface area contributed by atoms with E-state index in [9.17, 15) is 9.59 Å². The third-order valence-corrected chi connectivity index (χ3v) is 5.63. The lowest BCUT2D eigenvalue weighted by Gasteiger charge is -2.37. The molecule has 0 radical (unpaired) electrons. The summed E-state index contributed by atoms with van der Waals surface area (Å²) >= 11 is 0. The minimum Gasteiger partial charge on any atom is -0.469 e. The molecule has 0 amide bonds. The SMILES string of the molecule is COC(=O)C(CC(C)c1ccccc1)C(C(=O)OC)C(C)(C)c1ccccc1. The Labute approximate surface area is 167 Å². The molecular formula is C24H30O4. The van der Waals surface area contributed by atoms with Gasteiger partial charge in [-0.1, -0.05) is 81.4 Å². The molecule has 0 spiro atoms. The number of methoxy groups -OCH3 is 2. The van der Waals surface area contributed by atoms with Gasteiger partial charge in [-0.05, 0) is 23.5 Å². The maximum atomic E-state index is 12.9. The van der Waals surface area contributed by atoms with E-state index < -0.39 is 23.2 Å². The first-order valence-corrected chi connectivity index (χ1v) is 9.59. The van der Waals surface area contributed by atoms with Crippen LogP contribution in [0.25, 0.3) is 0 Å². The fourth-order valence-electron chi connectivity index (χ4n) is 3.95. The molecule has 0 aliphatic carbocycles. The summed E-state index contributed by atoms with van der Waals surface area (Å²) in [4.78, 5) is 25.7. The van der Waals surface area contributed by atoms with E-state index in [1.54, 1.807) is 0 Å². The van der Waals surface area contributed by atoms with Gasteiger partial charge in [-0.2, -0.15) is 0 Å². The fraction of sp³-hybridized carbons (Fsp3) is 0.417. The number of carbonyl (C=O) groups is 2. The molecule has 0 saturated carbocycles. The Hall–Kier alpha value is -2.62. The van der Waals surface area contributed by atoms with Crippen LogP contribution in [0.1, 0.15) is 44.2 Å². The van der Waals surface area contributed by atoms with Gasteiger partial charge in [-0.25, -0.2) is 0 Å². The van der Waals surface area contributed by atoms with Crippen molar-refractivity contribution in [2.24, 2.45) is 11.8 Å². The van der Waals surface area contributed by atoms with Gasteiger partial charge in [0.05, 0.1) is 26.1 Å². The van der Waals surface area contributed by atoms with Crippen molar-refractivity contribution in [2.45, 2.75) is 38.5 Å². The van der Waals surface area contributed by atoms with E-state index in [2.05, 4.69) is 6.92 Å². The van der Waals surface area contributed by atoms with Crippen LogP contribution in [0.3, 0.4) is 0 Å². The van der Waals surface area contributed by atoms with Crippen LogP contribution in [0.4, 0.5) is 0 Å². The molecular weight excluding hydrogens is 352 g/mol. The highest BCUT2D eigenvalue weighted by molar-refractivity contribution is 5.83. The molecule has 2 rings (SSSR count). The number of esters is 2. The summed E-state index contributed by atoms with van der Waals surface area (Å²) < 4.78 is 10.2. The quantitative estimate of drug-likeness (QED) is 0.619. The summed E-state index contributed by atoms with van der Waals surface area (Å²) in [6.45, 7) is 6.02. The maximum Gasteiger partial charge on any atom is 0.310 e. The average molecular weight is 383 g/mol. The Bertz CT molecular complexity index is 768. The molecule has 0 heterocycles. The Morgan fingerprint density at radius 1 is 0.857 bits per heavy atom. The third-order valence-electron chi connectivity index (χ3n) is 5.63. The van der Waals surface area contributed by atoms with Crippen molar-refractivity contribution >= 4 is 11.9 Å². The van der Waals surface area contributed by atoms with Gasteiger partial charge >= 0.3 is 11.9 Å². The van der Waals surface area contributed by atoms with Crippen LogP contribution in [0.15, 0.2) is 60.7 Å². The average Bonchev–Trinajstić information content (AvgIpc) is 2.73. The summed E-state index contributed by atoms with van der Waals surface area (Å²) in [5, 5.41) is 0. The second kappa shape index (κ2) is 9.54. The highest BCUT2D eigenvalue weighted by atomic mass is 16.5. The van der Waals surface area contributed by atoms with Gasteiger partial charge < -0.3 is 9.47 Å². The summed E-state index contributed by atoms with van der Waals surface area (Å²) in [6, 6.07) is 19.7. The van der Waals surface area contributed by atoms with Crippen molar-refractivity contribution in [3.05, 3.63) is 71.8 Å². The standard InChI is InChI=1S/C24H30O4/c1-17(18-12-8-6-9-13-18)16-20(22(25)27-4)21(23(26)28-5)24(2,3)19-14-10-7-11-15-19/h6-15,17,20-21H,16H2,1-5H3. The number of hydrogen-bond donors (Lipinski definition) is 0.